The molecule has 0 saturated heterocycles. The summed E-state index contributed by atoms with van der Waals surface area (Å²) in [5, 5.41) is 8.57. The van der Waals surface area contributed by atoms with Crippen molar-refractivity contribution in [1.82, 2.24) is 0 Å². The van der Waals surface area contributed by atoms with Crippen molar-refractivity contribution < 1.29 is 18.8 Å². The molecule has 0 N–H and O–H groups in total. The number of benzene rings is 6. The van der Waals surface area contributed by atoms with Crippen LogP contribution in [0.2, 0.25) is 0 Å². The third-order valence-corrected chi connectivity index (χ3v) is 86.8. The molecule has 0 aliphatic rings. The molecule has 0 unspecified atom stereocenters. The summed E-state index contributed by atoms with van der Waals surface area (Å²) >= 11 is -3.64. The van der Waals surface area contributed by atoms with Crippen LogP contribution >= 0.6 is 16.4 Å². The maximum absolute atomic E-state index is 16.3. The van der Waals surface area contributed by atoms with E-state index in [-0.39, 0.29) is 0 Å². The molecule has 0 saturated carbocycles. The summed E-state index contributed by atoms with van der Waals surface area (Å²) in [6.45, 7) is 20.6. The van der Waals surface area contributed by atoms with Crippen LogP contribution in [0.25, 0.3) is 0 Å². The Labute approximate surface area is 329 Å². The first kappa shape index (κ1) is 40.6. The first-order chi connectivity index (χ1) is 26.0. The third-order valence-electron chi connectivity index (χ3n) is 11.7. The Bertz CT molecular complexity index is 1790. The SMILES string of the molecule is CC[PH](c1ccc(C)cc1)(c1ccc(C)cc1)[Pd]([CH]=O)([PH](CC)(c1ccc(C)cc1)c1ccc(C)cc1)[PH](CC)(c1ccc(C)cc1)c1ccc(C)cc1. The fraction of sp³-hybridized carbons (Fsp3) is 0.245. The number of rotatable bonds is 13. The monoisotopic (exact) mass is 864 g/mol. The van der Waals surface area contributed by atoms with E-state index in [1.165, 1.54) is 65.2 Å². The van der Waals surface area contributed by atoms with Crippen LogP contribution in [0.5, 0.6) is 0 Å². The predicted octanol–water partition coefficient (Wildman–Crippen LogP) is 10.2. The molecule has 6 aromatic rings. The first-order valence-electron chi connectivity index (χ1n) is 19.5. The molecule has 0 amide bonds. The molecular weight excluding hydrogens is 804 g/mol. The van der Waals surface area contributed by atoms with Gasteiger partial charge in [-0.3, -0.25) is 0 Å². The van der Waals surface area contributed by atoms with Crippen LogP contribution in [0.1, 0.15) is 54.2 Å². The van der Waals surface area contributed by atoms with E-state index in [2.05, 4.69) is 208 Å². The number of aryl methyl sites for hydroxylation is 6. The van der Waals surface area contributed by atoms with Crippen LogP contribution in [0.15, 0.2) is 146 Å². The molecule has 0 aromatic heterocycles. The van der Waals surface area contributed by atoms with E-state index in [1.54, 1.807) is 4.76 Å². The van der Waals surface area contributed by atoms with E-state index in [0.29, 0.717) is 0 Å². The molecule has 0 spiro atoms. The predicted molar refractivity (Wildman–Crippen MR) is 248 cm³/mol. The Kier molecular flexibility index (Phi) is 12.5. The fourth-order valence-corrected chi connectivity index (χ4v) is 115. The zero-order valence-corrected chi connectivity index (χ0v) is 38.3. The second kappa shape index (κ2) is 16.6. The quantitative estimate of drug-likeness (QED) is 0.0642. The molecule has 54 heavy (non-hydrogen) atoms. The van der Waals surface area contributed by atoms with E-state index >= 15 is 4.79 Å². The first-order valence-corrected chi connectivity index (χ1v) is 33.5. The van der Waals surface area contributed by atoms with E-state index in [4.69, 9.17) is 0 Å². The third kappa shape index (κ3) is 6.46. The van der Waals surface area contributed by atoms with Gasteiger partial charge in [-0.2, -0.15) is 0 Å². The molecule has 0 heterocycles. The van der Waals surface area contributed by atoms with Gasteiger partial charge in [-0.15, -0.1) is 0 Å². The zero-order valence-electron chi connectivity index (χ0n) is 33.8. The van der Waals surface area contributed by atoms with Crippen LogP contribution in [-0.4, -0.2) is 23.2 Å². The normalized spacial score (nSPS) is 14.8. The van der Waals surface area contributed by atoms with Gasteiger partial charge in [0.05, 0.1) is 0 Å². The topological polar surface area (TPSA) is 17.1 Å². The summed E-state index contributed by atoms with van der Waals surface area (Å²) in [5.41, 5.74) is -1.57. The van der Waals surface area contributed by atoms with Gasteiger partial charge in [0.25, 0.3) is 0 Å². The second-order valence-corrected chi connectivity index (χ2v) is 54.5. The molecule has 6 aromatic carbocycles. The zero-order chi connectivity index (χ0) is 38.7. The Hall–Kier alpha value is -3.06. The Morgan fingerprint density at radius 2 is 0.481 bits per heavy atom. The minimum atomic E-state index is -3.64. The molecule has 288 valence electrons. The summed E-state index contributed by atoms with van der Waals surface area (Å²) in [7, 11) is 0. The molecule has 0 radical (unpaired) electrons. The molecule has 6 rings (SSSR count). The summed E-state index contributed by atoms with van der Waals surface area (Å²) in [5.74, 6) is 0. The Balaban J connectivity index is 2.03. The summed E-state index contributed by atoms with van der Waals surface area (Å²) in [6, 6.07) is 57.4. The average molecular weight is 865 g/mol. The molecular formula is C49H61OP3Pd. The van der Waals surface area contributed by atoms with E-state index in [9.17, 15) is 0 Å². The summed E-state index contributed by atoms with van der Waals surface area (Å²) in [4.78, 5) is 16.3. The van der Waals surface area contributed by atoms with E-state index in [0.717, 1.165) is 18.5 Å². The van der Waals surface area contributed by atoms with Crippen LogP contribution in [0.4, 0.5) is 0 Å². The number of hydrogen-bond acceptors (Lipinski definition) is 1. The fourth-order valence-electron chi connectivity index (χ4n) is 8.84. The van der Waals surface area contributed by atoms with Gasteiger partial charge in [0, 0.05) is 0 Å². The van der Waals surface area contributed by atoms with Gasteiger partial charge in [0.15, 0.2) is 0 Å². The van der Waals surface area contributed by atoms with Gasteiger partial charge >= 0.3 is 332 Å². The average Bonchev–Trinajstić information content (AvgIpc) is 3.19. The van der Waals surface area contributed by atoms with Crippen LogP contribution in [0, 0.1) is 41.5 Å². The number of hydrogen-bond donors (Lipinski definition) is 0. The van der Waals surface area contributed by atoms with Crippen molar-refractivity contribution in [3.8, 4) is 0 Å². The van der Waals surface area contributed by atoms with Crippen LogP contribution < -0.4 is 31.8 Å². The summed E-state index contributed by atoms with van der Waals surface area (Å²) in [6.07, 6.45) is 2.90. The van der Waals surface area contributed by atoms with E-state index < -0.39 is 30.4 Å². The standard InChI is InChI=1S/3C16H19P.CHO.Pd/c3*1-4-17(15-9-5-13(2)6-10-15)16-11-7-14(3)8-12-16;1-2;/h3*5-12H,4H2,1-3H3;1H;/q;;;;-3/p+3. The van der Waals surface area contributed by atoms with Crippen molar-refractivity contribution in [3.05, 3.63) is 179 Å². The number of carbonyl (C=O) groups is 1. The van der Waals surface area contributed by atoms with Gasteiger partial charge in [-0.25, -0.2) is 0 Å². The van der Waals surface area contributed by atoms with Crippen molar-refractivity contribution in [2.45, 2.75) is 62.3 Å². The second-order valence-electron chi connectivity index (χ2n) is 15.1. The van der Waals surface area contributed by atoms with Crippen molar-refractivity contribution in [3.63, 3.8) is 0 Å². The minimum absolute atomic E-state index is 0.966. The molecule has 0 fully saturated rings. The molecule has 0 atom stereocenters. The van der Waals surface area contributed by atoms with Crippen LogP contribution in [-0.2, 0) is 18.8 Å². The molecule has 0 aliphatic carbocycles. The van der Waals surface area contributed by atoms with Crippen molar-refractivity contribution in [2.24, 2.45) is 0 Å². The Morgan fingerprint density at radius 1 is 0.333 bits per heavy atom. The van der Waals surface area contributed by atoms with Crippen molar-refractivity contribution in [2.75, 3.05) is 18.5 Å². The van der Waals surface area contributed by atoms with Gasteiger partial charge in [0.1, 0.15) is 0 Å². The number of carbonyl (C=O) groups excluding carboxylic acids is 1. The van der Waals surface area contributed by atoms with Crippen LogP contribution in [0.3, 0.4) is 0 Å². The van der Waals surface area contributed by atoms with Crippen molar-refractivity contribution in [1.29, 1.82) is 0 Å². The molecule has 0 bridgehead atoms. The molecule has 5 heteroatoms. The van der Waals surface area contributed by atoms with Crippen molar-refractivity contribution >= 4 is 52.9 Å². The van der Waals surface area contributed by atoms with Gasteiger partial charge in [-0.1, -0.05) is 0 Å². The van der Waals surface area contributed by atoms with Gasteiger partial charge < -0.3 is 0 Å². The van der Waals surface area contributed by atoms with Gasteiger partial charge in [0.2, 0.25) is 0 Å². The maximum atomic E-state index is 16.3. The van der Waals surface area contributed by atoms with E-state index in [1.807, 2.05) is 0 Å². The molecule has 1 nitrogen and oxygen atoms in total. The van der Waals surface area contributed by atoms with Gasteiger partial charge in [-0.05, 0) is 0 Å². The summed E-state index contributed by atoms with van der Waals surface area (Å²) < 4.78 is 1.78. The molecule has 0 aliphatic heterocycles. The Morgan fingerprint density at radius 3 is 0.593 bits per heavy atom.